The molecule has 0 saturated heterocycles. The molecule has 5 nitrogen and oxygen atoms in total. The molecule has 0 bridgehead atoms. The molecule has 3 heterocycles. The van der Waals surface area contributed by atoms with Crippen molar-refractivity contribution in [3.63, 3.8) is 0 Å². The number of hydrogen-bond acceptors (Lipinski definition) is 4. The van der Waals surface area contributed by atoms with E-state index < -0.39 is 0 Å². The first kappa shape index (κ1) is 40.9. The maximum atomic E-state index is 6.32. The molecule has 0 spiro atoms. The van der Waals surface area contributed by atoms with E-state index in [1.165, 1.54) is 77.8 Å². The van der Waals surface area contributed by atoms with Gasteiger partial charge in [0.25, 0.3) is 0 Å². The van der Waals surface area contributed by atoms with E-state index in [0.29, 0.717) is 29.3 Å². The molecule has 72 heavy (non-hydrogen) atoms. The van der Waals surface area contributed by atoms with Gasteiger partial charge in [0.1, 0.15) is 11.2 Å². The second-order valence-corrected chi connectivity index (χ2v) is 20.3. The van der Waals surface area contributed by atoms with Crippen LogP contribution in [0.1, 0.15) is 48.6 Å². The van der Waals surface area contributed by atoms with Crippen LogP contribution in [-0.4, -0.2) is 19.5 Å². The quantitative estimate of drug-likeness (QED) is 0.160. The highest BCUT2D eigenvalue weighted by Crippen LogP contribution is 2.57. The summed E-state index contributed by atoms with van der Waals surface area (Å²) in [5, 5.41) is 3.43. The summed E-state index contributed by atoms with van der Waals surface area (Å²) >= 11 is 0. The van der Waals surface area contributed by atoms with Crippen LogP contribution in [0.4, 0.5) is 0 Å². The van der Waals surface area contributed by atoms with Crippen molar-refractivity contribution >= 4 is 38.9 Å². The number of rotatable bonds is 7. The molecule has 1 fully saturated rings. The molecule has 12 aromatic rings. The predicted octanol–water partition coefficient (Wildman–Crippen LogP) is 17.2. The Balaban J connectivity index is 0.886. The van der Waals surface area contributed by atoms with E-state index in [0.717, 1.165) is 50.7 Å². The van der Waals surface area contributed by atoms with Crippen molar-refractivity contribution in [1.82, 2.24) is 19.5 Å². The maximum absolute atomic E-state index is 6.32. The predicted molar refractivity (Wildman–Crippen MR) is 294 cm³/mol. The van der Waals surface area contributed by atoms with E-state index in [2.05, 4.69) is 194 Å². The van der Waals surface area contributed by atoms with Crippen LogP contribution in [0.2, 0.25) is 0 Å². The fraction of sp³-hybridized carbons (Fsp3) is 0.0896. The highest BCUT2D eigenvalue weighted by Gasteiger charge is 2.43. The number of furan rings is 1. The summed E-state index contributed by atoms with van der Waals surface area (Å²) in [7, 11) is 0. The van der Waals surface area contributed by atoms with Crippen LogP contribution in [0, 0.1) is 5.92 Å². The van der Waals surface area contributed by atoms with Crippen molar-refractivity contribution in [3.05, 3.63) is 235 Å². The minimum absolute atomic E-state index is 0.0828. The average Bonchev–Trinajstić information content (AvgIpc) is 3.96. The lowest BCUT2D eigenvalue weighted by atomic mass is 9.81. The van der Waals surface area contributed by atoms with E-state index in [9.17, 15) is 0 Å². The van der Waals surface area contributed by atoms with Crippen molar-refractivity contribution in [1.29, 1.82) is 0 Å². The van der Waals surface area contributed by atoms with Gasteiger partial charge in [-0.15, -0.1) is 0 Å². The van der Waals surface area contributed by atoms with Gasteiger partial charge in [-0.25, -0.2) is 15.0 Å². The summed E-state index contributed by atoms with van der Waals surface area (Å²) in [5.74, 6) is 2.84. The molecule has 3 aromatic heterocycles. The van der Waals surface area contributed by atoms with Crippen LogP contribution < -0.4 is 0 Å². The summed E-state index contributed by atoms with van der Waals surface area (Å²) in [6.07, 6.45) is 6.00. The SMILES string of the molecule is CC1(C)c2ccccc2-c2ccc(-c3cccc(-c4cc(-c5ccccc5)cc5c6c(n(-c7ccc(-c8nc(-c9ccccc9)nc(-c9ccc%10c(c9)oc9ccccc9%10)n8)cc7)c45)C4CC4C=C6)c3)cc21. The molecule has 3 aliphatic carbocycles. The average molecular weight is 923 g/mol. The van der Waals surface area contributed by atoms with Crippen LogP contribution in [0.25, 0.3) is 123 Å². The lowest BCUT2D eigenvalue weighted by molar-refractivity contribution is 0.660. The molecule has 2 atom stereocenters. The Morgan fingerprint density at radius 2 is 1.07 bits per heavy atom. The topological polar surface area (TPSA) is 56.7 Å². The van der Waals surface area contributed by atoms with Gasteiger partial charge in [-0.2, -0.15) is 0 Å². The number of aromatic nitrogens is 4. The largest absolute Gasteiger partial charge is 0.456 e. The Kier molecular flexibility index (Phi) is 8.83. The van der Waals surface area contributed by atoms with Crippen LogP contribution in [0.5, 0.6) is 0 Å². The lowest BCUT2D eigenvalue weighted by Crippen LogP contribution is -2.14. The van der Waals surface area contributed by atoms with Crippen LogP contribution in [-0.2, 0) is 5.41 Å². The van der Waals surface area contributed by atoms with Gasteiger partial charge in [0, 0.05) is 66.7 Å². The van der Waals surface area contributed by atoms with Crippen molar-refractivity contribution in [2.45, 2.75) is 31.6 Å². The molecule has 1 saturated carbocycles. The van der Waals surface area contributed by atoms with E-state index in [-0.39, 0.29) is 5.41 Å². The molecule has 2 unspecified atom stereocenters. The zero-order chi connectivity index (χ0) is 47.7. The molecule has 340 valence electrons. The second-order valence-electron chi connectivity index (χ2n) is 20.3. The van der Waals surface area contributed by atoms with E-state index in [1.54, 1.807) is 0 Å². The first-order valence-corrected chi connectivity index (χ1v) is 25.1. The Labute approximate surface area is 417 Å². The third-order valence-electron chi connectivity index (χ3n) is 15.7. The molecule has 3 aliphatic rings. The zero-order valence-corrected chi connectivity index (χ0v) is 39.8. The van der Waals surface area contributed by atoms with Gasteiger partial charge in [0.15, 0.2) is 17.5 Å². The Morgan fingerprint density at radius 1 is 0.444 bits per heavy atom. The van der Waals surface area contributed by atoms with Gasteiger partial charge < -0.3 is 8.98 Å². The Morgan fingerprint density at radius 3 is 1.89 bits per heavy atom. The first-order chi connectivity index (χ1) is 35.4. The van der Waals surface area contributed by atoms with Gasteiger partial charge in [-0.3, -0.25) is 0 Å². The first-order valence-electron chi connectivity index (χ1n) is 25.1. The number of para-hydroxylation sites is 1. The highest BCUT2D eigenvalue weighted by molar-refractivity contribution is 6.07. The molecule has 0 radical (unpaired) electrons. The number of nitrogens with zero attached hydrogens (tertiary/aromatic N) is 4. The zero-order valence-electron chi connectivity index (χ0n) is 39.8. The fourth-order valence-electron chi connectivity index (χ4n) is 12.0. The van der Waals surface area contributed by atoms with E-state index in [1.807, 2.05) is 42.5 Å². The van der Waals surface area contributed by atoms with Crippen molar-refractivity contribution in [2.24, 2.45) is 5.92 Å². The molecule has 15 rings (SSSR count). The summed E-state index contributed by atoms with van der Waals surface area (Å²) < 4.78 is 8.89. The van der Waals surface area contributed by atoms with Gasteiger partial charge in [-0.1, -0.05) is 166 Å². The molecule has 9 aromatic carbocycles. The minimum atomic E-state index is -0.0828. The Hall–Kier alpha value is -8.93. The van der Waals surface area contributed by atoms with E-state index >= 15 is 0 Å². The molecule has 0 aliphatic heterocycles. The smallest absolute Gasteiger partial charge is 0.164 e. The second kappa shape index (κ2) is 15.5. The van der Waals surface area contributed by atoms with Crippen molar-refractivity contribution < 1.29 is 4.42 Å². The molecule has 0 N–H and O–H groups in total. The minimum Gasteiger partial charge on any atom is -0.456 e. The number of fused-ring (bicyclic) bond motifs is 11. The molecule has 0 amide bonds. The lowest BCUT2D eigenvalue weighted by Gasteiger charge is -2.22. The van der Waals surface area contributed by atoms with Gasteiger partial charge in [-0.05, 0) is 129 Å². The normalized spacial score (nSPS) is 15.9. The van der Waals surface area contributed by atoms with Gasteiger partial charge in [0.05, 0.1) is 5.52 Å². The molecular formula is C67H46N4O. The van der Waals surface area contributed by atoms with Crippen LogP contribution in [0.15, 0.2) is 217 Å². The summed E-state index contributed by atoms with van der Waals surface area (Å²) in [4.78, 5) is 15.4. The maximum Gasteiger partial charge on any atom is 0.164 e. The summed E-state index contributed by atoms with van der Waals surface area (Å²) in [6, 6.07) is 74.3. The monoisotopic (exact) mass is 922 g/mol. The van der Waals surface area contributed by atoms with Crippen LogP contribution >= 0.6 is 0 Å². The third kappa shape index (κ3) is 6.36. The summed E-state index contributed by atoms with van der Waals surface area (Å²) in [6.45, 7) is 4.72. The highest BCUT2D eigenvalue weighted by atomic mass is 16.3. The number of benzene rings is 9. The van der Waals surface area contributed by atoms with Gasteiger partial charge >= 0.3 is 0 Å². The Bertz CT molecular complexity index is 4220. The number of allylic oxidation sites excluding steroid dienone is 1. The van der Waals surface area contributed by atoms with Gasteiger partial charge in [0.2, 0.25) is 0 Å². The van der Waals surface area contributed by atoms with Crippen molar-refractivity contribution in [3.8, 4) is 84.4 Å². The van der Waals surface area contributed by atoms with Crippen LogP contribution in [0.3, 0.4) is 0 Å². The molecular weight excluding hydrogens is 877 g/mol. The van der Waals surface area contributed by atoms with Crippen molar-refractivity contribution in [2.75, 3.05) is 0 Å². The third-order valence-corrected chi connectivity index (χ3v) is 15.7. The standard InChI is InChI=1S/C67H46N4O/c1-67(2)58-22-11-9-20-50(58)51-31-26-44(38-59(51)67)43-18-13-19-45(34-43)56-36-48(40-14-5-3-6-15-40)37-57-54-33-27-46-35-55(46)62(54)71(63(56)57)49-29-24-42(25-30-49)65-68-64(41-16-7-4-8-17-41)69-66(70-65)47-28-32-53-52-21-10-12-23-60(52)72-61(53)39-47/h3-34,36-39,46,55H,35H2,1-2H3. The summed E-state index contributed by atoms with van der Waals surface area (Å²) in [5.41, 5.74) is 22.0. The fourth-order valence-corrected chi connectivity index (χ4v) is 12.0. The molecule has 5 heteroatoms. The van der Waals surface area contributed by atoms with E-state index in [4.69, 9.17) is 19.4 Å². The number of hydrogen-bond donors (Lipinski definition) is 0.